The molecule has 0 aromatic carbocycles. The van der Waals surface area contributed by atoms with Gasteiger partial charge in [-0.1, -0.05) is 5.16 Å². The van der Waals surface area contributed by atoms with Crippen molar-refractivity contribution in [1.29, 1.82) is 0 Å². The van der Waals surface area contributed by atoms with Crippen LogP contribution in [0, 0.1) is 5.92 Å². The van der Waals surface area contributed by atoms with Crippen molar-refractivity contribution in [2.75, 3.05) is 7.11 Å². The Labute approximate surface area is 74.9 Å². The fourth-order valence-electron chi connectivity index (χ4n) is 1.24. The van der Waals surface area contributed by atoms with Crippen LogP contribution in [0.5, 0.6) is 0 Å². The smallest absolute Gasteiger partial charge is 0.320 e. The number of hydrogen-bond donors (Lipinski definition) is 0. The van der Waals surface area contributed by atoms with E-state index in [1.165, 1.54) is 12.8 Å². The molecule has 1 fully saturated rings. The van der Waals surface area contributed by atoms with E-state index in [9.17, 15) is 0 Å². The summed E-state index contributed by atoms with van der Waals surface area (Å²) in [5.41, 5.74) is 0. The van der Waals surface area contributed by atoms with E-state index in [1.54, 1.807) is 7.11 Å². The van der Waals surface area contributed by atoms with Gasteiger partial charge in [0.15, 0.2) is 0 Å². The van der Waals surface area contributed by atoms with E-state index >= 15 is 0 Å². The van der Waals surface area contributed by atoms with E-state index in [0.29, 0.717) is 11.7 Å². The van der Waals surface area contributed by atoms with Crippen molar-refractivity contribution in [1.82, 2.24) is 10.1 Å². The molecule has 1 aromatic heterocycles. The molecule has 66 valence electrons. The highest BCUT2D eigenvalue weighted by Crippen LogP contribution is 2.41. The second-order valence-electron chi connectivity index (χ2n) is 2.90. The second-order valence-corrected chi connectivity index (χ2v) is 3.22. The Morgan fingerprint density at radius 1 is 1.67 bits per heavy atom. The minimum absolute atomic E-state index is 0.0405. The molecular formula is C7H9ClN2O2. The van der Waals surface area contributed by atoms with Gasteiger partial charge in [0.05, 0.1) is 0 Å². The first-order valence-electron chi connectivity index (χ1n) is 3.83. The lowest BCUT2D eigenvalue weighted by molar-refractivity contribution is 0.0751. The van der Waals surface area contributed by atoms with Crippen LogP contribution >= 0.6 is 11.6 Å². The van der Waals surface area contributed by atoms with Crippen LogP contribution in [0.4, 0.5) is 0 Å². The first kappa shape index (κ1) is 8.01. The van der Waals surface area contributed by atoms with E-state index in [4.69, 9.17) is 16.3 Å². The molecule has 0 aliphatic heterocycles. The summed E-state index contributed by atoms with van der Waals surface area (Å²) in [6.45, 7) is 0. The van der Waals surface area contributed by atoms with E-state index in [1.807, 2.05) is 0 Å². The van der Waals surface area contributed by atoms with Crippen LogP contribution in [-0.4, -0.2) is 17.3 Å². The van der Waals surface area contributed by atoms with Gasteiger partial charge in [-0.25, -0.2) is 0 Å². The first-order chi connectivity index (χ1) is 5.81. The summed E-state index contributed by atoms with van der Waals surface area (Å²) >= 11 is 5.49. The maximum Gasteiger partial charge on any atom is 0.320 e. The molecule has 5 heteroatoms. The largest absolute Gasteiger partial charge is 0.373 e. The number of ether oxygens (including phenoxy) is 1. The Balaban J connectivity index is 2.15. The van der Waals surface area contributed by atoms with Crippen LogP contribution in [-0.2, 0) is 4.74 Å². The summed E-state index contributed by atoms with van der Waals surface area (Å²) in [5.74, 6) is 1.11. The van der Waals surface area contributed by atoms with Gasteiger partial charge in [0.1, 0.15) is 6.10 Å². The molecule has 0 bridgehead atoms. The average molecular weight is 189 g/mol. The minimum Gasteiger partial charge on any atom is -0.373 e. The Morgan fingerprint density at radius 2 is 2.42 bits per heavy atom. The summed E-state index contributed by atoms with van der Waals surface area (Å²) in [4.78, 5) is 3.91. The SMILES string of the molecule is COC(c1noc(Cl)n1)C1CC1. The van der Waals surface area contributed by atoms with Crippen molar-refractivity contribution in [3.05, 3.63) is 11.2 Å². The monoisotopic (exact) mass is 188 g/mol. The Morgan fingerprint density at radius 3 is 2.83 bits per heavy atom. The molecule has 2 rings (SSSR count). The molecule has 12 heavy (non-hydrogen) atoms. The van der Waals surface area contributed by atoms with Gasteiger partial charge in [0, 0.05) is 7.11 Å². The van der Waals surface area contributed by atoms with Gasteiger partial charge in [-0.2, -0.15) is 4.98 Å². The molecule has 0 N–H and O–H groups in total. The zero-order valence-corrected chi connectivity index (χ0v) is 7.41. The van der Waals surface area contributed by atoms with Gasteiger partial charge in [-0.05, 0) is 30.4 Å². The number of halogens is 1. The van der Waals surface area contributed by atoms with E-state index < -0.39 is 0 Å². The number of methoxy groups -OCH3 is 1. The minimum atomic E-state index is -0.0405. The fourth-order valence-corrected chi connectivity index (χ4v) is 1.36. The van der Waals surface area contributed by atoms with E-state index in [2.05, 4.69) is 14.7 Å². The van der Waals surface area contributed by atoms with Crippen LogP contribution in [0.3, 0.4) is 0 Å². The molecular weight excluding hydrogens is 180 g/mol. The molecule has 1 unspecified atom stereocenters. The van der Waals surface area contributed by atoms with Gasteiger partial charge >= 0.3 is 5.35 Å². The predicted octanol–water partition coefficient (Wildman–Crippen LogP) is 1.82. The van der Waals surface area contributed by atoms with Crippen LogP contribution < -0.4 is 0 Å². The maximum atomic E-state index is 5.49. The molecule has 4 nitrogen and oxygen atoms in total. The highest BCUT2D eigenvalue weighted by molar-refractivity contribution is 6.27. The molecule has 0 spiro atoms. The zero-order chi connectivity index (χ0) is 8.55. The quantitative estimate of drug-likeness (QED) is 0.726. The zero-order valence-electron chi connectivity index (χ0n) is 6.66. The van der Waals surface area contributed by atoms with Crippen LogP contribution in [0.15, 0.2) is 4.52 Å². The lowest BCUT2D eigenvalue weighted by Crippen LogP contribution is -2.05. The third kappa shape index (κ3) is 1.44. The number of aromatic nitrogens is 2. The molecule has 0 radical (unpaired) electrons. The van der Waals surface area contributed by atoms with Crippen molar-refractivity contribution >= 4 is 11.6 Å². The summed E-state index contributed by atoms with van der Waals surface area (Å²) in [5, 5.41) is 3.78. The summed E-state index contributed by atoms with van der Waals surface area (Å²) < 4.78 is 9.88. The van der Waals surface area contributed by atoms with Crippen LogP contribution in [0.1, 0.15) is 24.8 Å². The van der Waals surface area contributed by atoms with E-state index in [0.717, 1.165) is 0 Å². The van der Waals surface area contributed by atoms with Crippen molar-refractivity contribution in [3.63, 3.8) is 0 Å². The van der Waals surface area contributed by atoms with Crippen molar-refractivity contribution in [3.8, 4) is 0 Å². The predicted molar refractivity (Wildman–Crippen MR) is 41.8 cm³/mol. The van der Waals surface area contributed by atoms with Gasteiger partial charge < -0.3 is 9.26 Å². The van der Waals surface area contributed by atoms with E-state index in [-0.39, 0.29) is 11.5 Å². The molecule has 1 aromatic rings. The van der Waals surface area contributed by atoms with Crippen LogP contribution in [0.2, 0.25) is 5.35 Å². The standard InChI is InChI=1S/C7H9ClN2O2/c1-11-5(4-2-3-4)6-9-7(8)12-10-6/h4-5H,2-3H2,1H3. The summed E-state index contributed by atoms with van der Waals surface area (Å²) in [6.07, 6.45) is 2.30. The molecule has 1 saturated carbocycles. The van der Waals surface area contributed by atoms with Gasteiger partial charge in [0.25, 0.3) is 0 Å². The van der Waals surface area contributed by atoms with Gasteiger partial charge in [-0.3, -0.25) is 0 Å². The molecule has 0 saturated heterocycles. The molecule has 1 aliphatic rings. The average Bonchev–Trinajstić information content (AvgIpc) is 2.78. The summed E-state index contributed by atoms with van der Waals surface area (Å²) in [7, 11) is 1.65. The number of nitrogens with zero attached hydrogens (tertiary/aromatic N) is 2. The third-order valence-corrected chi connectivity index (χ3v) is 2.13. The van der Waals surface area contributed by atoms with Crippen molar-refractivity contribution < 1.29 is 9.26 Å². The molecule has 0 amide bonds. The normalized spacial score (nSPS) is 19.5. The lowest BCUT2D eigenvalue weighted by Gasteiger charge is -2.07. The Kier molecular flexibility index (Phi) is 2.02. The molecule has 1 atom stereocenters. The van der Waals surface area contributed by atoms with Gasteiger partial charge in [-0.15, -0.1) is 0 Å². The van der Waals surface area contributed by atoms with Crippen LogP contribution in [0.25, 0.3) is 0 Å². The second kappa shape index (κ2) is 3.03. The maximum absolute atomic E-state index is 5.49. The molecule has 1 aliphatic carbocycles. The topological polar surface area (TPSA) is 48.2 Å². The van der Waals surface area contributed by atoms with Gasteiger partial charge in [0.2, 0.25) is 5.82 Å². The highest BCUT2D eigenvalue weighted by Gasteiger charge is 2.35. The van der Waals surface area contributed by atoms with Crippen molar-refractivity contribution in [2.45, 2.75) is 18.9 Å². The Bertz CT molecular complexity index is 272. The molecule has 1 heterocycles. The highest BCUT2D eigenvalue weighted by atomic mass is 35.5. The number of rotatable bonds is 3. The summed E-state index contributed by atoms with van der Waals surface area (Å²) in [6, 6.07) is 0. The Hall–Kier alpha value is -0.610. The first-order valence-corrected chi connectivity index (χ1v) is 4.21. The lowest BCUT2D eigenvalue weighted by atomic mass is 10.2. The third-order valence-electron chi connectivity index (χ3n) is 1.98. The fraction of sp³-hybridized carbons (Fsp3) is 0.714. The number of hydrogen-bond acceptors (Lipinski definition) is 4. The van der Waals surface area contributed by atoms with Crippen molar-refractivity contribution in [2.24, 2.45) is 5.92 Å².